The van der Waals surface area contributed by atoms with Crippen molar-refractivity contribution < 1.29 is 0 Å². The zero-order valence-corrected chi connectivity index (χ0v) is 11.4. The predicted octanol–water partition coefficient (Wildman–Crippen LogP) is -0.0710. The summed E-state index contributed by atoms with van der Waals surface area (Å²) in [5.74, 6) is 1.18. The average Bonchev–Trinajstić information content (AvgIpc) is 2.81. The van der Waals surface area contributed by atoms with Gasteiger partial charge in [0.15, 0.2) is 0 Å². The predicted molar refractivity (Wildman–Crippen MR) is 73.5 cm³/mol. The molecule has 1 saturated heterocycles. The smallest absolute Gasteiger partial charge is 0.109 e. The van der Waals surface area contributed by atoms with Crippen LogP contribution in [0.3, 0.4) is 0 Å². The number of piperazine rings is 1. The van der Waals surface area contributed by atoms with E-state index in [1.54, 1.807) is 0 Å². The fourth-order valence-electron chi connectivity index (χ4n) is 2.45. The fourth-order valence-corrected chi connectivity index (χ4v) is 2.45. The van der Waals surface area contributed by atoms with Crippen LogP contribution in [0.15, 0.2) is 12.4 Å². The van der Waals surface area contributed by atoms with Crippen LogP contribution in [-0.4, -0.2) is 65.2 Å². The van der Waals surface area contributed by atoms with Gasteiger partial charge in [0, 0.05) is 58.6 Å². The van der Waals surface area contributed by atoms with E-state index in [2.05, 4.69) is 26.4 Å². The highest BCUT2D eigenvalue weighted by atomic mass is 15.3. The molecule has 0 bridgehead atoms. The van der Waals surface area contributed by atoms with Crippen molar-refractivity contribution in [3.05, 3.63) is 18.2 Å². The molecular weight excluding hydrogens is 226 g/mol. The molecule has 1 aromatic rings. The second kappa shape index (κ2) is 6.87. The Kier molecular flexibility index (Phi) is 5.16. The molecule has 1 aliphatic heterocycles. The molecule has 0 atom stereocenters. The molecule has 1 fully saturated rings. The second-order valence-corrected chi connectivity index (χ2v) is 5.03. The van der Waals surface area contributed by atoms with Gasteiger partial charge in [0.05, 0.1) is 0 Å². The third-order valence-corrected chi connectivity index (χ3v) is 3.72. The summed E-state index contributed by atoms with van der Waals surface area (Å²) in [6.07, 6.45) is 6.06. The van der Waals surface area contributed by atoms with Crippen molar-refractivity contribution in [2.24, 2.45) is 12.8 Å². The van der Waals surface area contributed by atoms with Gasteiger partial charge in [-0.15, -0.1) is 0 Å². The second-order valence-electron chi connectivity index (χ2n) is 5.03. The lowest BCUT2D eigenvalue weighted by atomic mass is 10.2. The molecular formula is C13H25N5. The van der Waals surface area contributed by atoms with Gasteiger partial charge < -0.3 is 20.1 Å². The molecule has 0 saturated carbocycles. The van der Waals surface area contributed by atoms with Crippen LogP contribution in [0.1, 0.15) is 12.2 Å². The summed E-state index contributed by atoms with van der Waals surface area (Å²) < 4.78 is 2.11. The third kappa shape index (κ3) is 3.80. The largest absolute Gasteiger partial charge is 0.338 e. The van der Waals surface area contributed by atoms with Crippen LogP contribution < -0.4 is 5.73 Å². The Balaban J connectivity index is 1.66. The van der Waals surface area contributed by atoms with Crippen molar-refractivity contribution in [3.63, 3.8) is 0 Å². The normalized spacial score (nSPS) is 18.3. The monoisotopic (exact) mass is 251 g/mol. The van der Waals surface area contributed by atoms with Crippen molar-refractivity contribution >= 4 is 0 Å². The van der Waals surface area contributed by atoms with Crippen molar-refractivity contribution in [1.82, 2.24) is 19.4 Å². The van der Waals surface area contributed by atoms with Gasteiger partial charge in [0.2, 0.25) is 0 Å². The van der Waals surface area contributed by atoms with Crippen LogP contribution in [0.4, 0.5) is 0 Å². The zero-order chi connectivity index (χ0) is 12.8. The number of hydrogen-bond acceptors (Lipinski definition) is 4. The summed E-state index contributed by atoms with van der Waals surface area (Å²) in [7, 11) is 2.06. The molecule has 0 amide bonds. The highest BCUT2D eigenvalue weighted by molar-refractivity contribution is 4.92. The van der Waals surface area contributed by atoms with E-state index >= 15 is 0 Å². The highest BCUT2D eigenvalue weighted by Crippen LogP contribution is 2.04. The van der Waals surface area contributed by atoms with Gasteiger partial charge in [-0.1, -0.05) is 0 Å². The first-order valence-electron chi connectivity index (χ1n) is 6.90. The molecule has 0 unspecified atom stereocenters. The van der Waals surface area contributed by atoms with Crippen LogP contribution >= 0.6 is 0 Å². The minimum atomic E-state index is 0.805. The molecule has 0 radical (unpaired) electrons. The third-order valence-electron chi connectivity index (χ3n) is 3.72. The van der Waals surface area contributed by atoms with Crippen LogP contribution in [0.25, 0.3) is 0 Å². The van der Waals surface area contributed by atoms with Gasteiger partial charge in [0.25, 0.3) is 0 Å². The minimum absolute atomic E-state index is 0.805. The van der Waals surface area contributed by atoms with Crippen molar-refractivity contribution in [1.29, 1.82) is 0 Å². The average molecular weight is 251 g/mol. The number of aromatic nitrogens is 2. The molecule has 1 aliphatic rings. The Bertz CT molecular complexity index is 341. The maximum absolute atomic E-state index is 5.54. The zero-order valence-electron chi connectivity index (χ0n) is 11.4. The van der Waals surface area contributed by atoms with Crippen molar-refractivity contribution in [3.8, 4) is 0 Å². The van der Waals surface area contributed by atoms with E-state index < -0.39 is 0 Å². The Hall–Kier alpha value is -0.910. The van der Waals surface area contributed by atoms with E-state index in [4.69, 9.17) is 5.73 Å². The lowest BCUT2D eigenvalue weighted by Gasteiger charge is -2.34. The first kappa shape index (κ1) is 13.5. The molecule has 0 spiro atoms. The number of nitrogens with zero attached hydrogens (tertiary/aromatic N) is 4. The molecule has 0 aliphatic carbocycles. The van der Waals surface area contributed by atoms with E-state index in [0.29, 0.717) is 0 Å². The van der Waals surface area contributed by atoms with Crippen LogP contribution in [0.5, 0.6) is 0 Å². The van der Waals surface area contributed by atoms with Crippen LogP contribution in [0, 0.1) is 0 Å². The Morgan fingerprint density at radius 2 is 1.83 bits per heavy atom. The molecule has 18 heavy (non-hydrogen) atoms. The van der Waals surface area contributed by atoms with E-state index in [-0.39, 0.29) is 0 Å². The minimum Gasteiger partial charge on any atom is -0.338 e. The number of aryl methyl sites for hydroxylation is 1. The first-order chi connectivity index (χ1) is 8.79. The Morgan fingerprint density at radius 3 is 2.39 bits per heavy atom. The quantitative estimate of drug-likeness (QED) is 0.769. The summed E-state index contributed by atoms with van der Waals surface area (Å²) >= 11 is 0. The van der Waals surface area contributed by atoms with Gasteiger partial charge in [-0.25, -0.2) is 4.98 Å². The van der Waals surface area contributed by atoms with Gasteiger partial charge in [-0.3, -0.25) is 0 Å². The molecule has 2 N–H and O–H groups in total. The van der Waals surface area contributed by atoms with Gasteiger partial charge >= 0.3 is 0 Å². The van der Waals surface area contributed by atoms with E-state index in [0.717, 1.165) is 32.5 Å². The van der Waals surface area contributed by atoms with E-state index in [1.807, 2.05) is 12.4 Å². The molecule has 102 valence electrons. The van der Waals surface area contributed by atoms with Crippen LogP contribution in [0.2, 0.25) is 0 Å². The van der Waals surface area contributed by atoms with Crippen molar-refractivity contribution in [2.45, 2.75) is 12.8 Å². The molecule has 0 aromatic carbocycles. The number of nitrogens with two attached hydrogens (primary N) is 1. The van der Waals surface area contributed by atoms with Crippen molar-refractivity contribution in [2.75, 3.05) is 45.8 Å². The summed E-state index contributed by atoms with van der Waals surface area (Å²) in [4.78, 5) is 9.42. The molecule has 2 heterocycles. The van der Waals surface area contributed by atoms with Gasteiger partial charge in [-0.05, 0) is 19.5 Å². The molecule has 5 heteroatoms. The van der Waals surface area contributed by atoms with E-state index in [1.165, 1.54) is 32.0 Å². The highest BCUT2D eigenvalue weighted by Gasteiger charge is 2.16. The van der Waals surface area contributed by atoms with Gasteiger partial charge in [0.1, 0.15) is 5.82 Å². The maximum atomic E-state index is 5.54. The summed E-state index contributed by atoms with van der Waals surface area (Å²) in [5.41, 5.74) is 5.54. The lowest BCUT2D eigenvalue weighted by molar-refractivity contribution is 0.132. The maximum Gasteiger partial charge on any atom is 0.109 e. The van der Waals surface area contributed by atoms with E-state index in [9.17, 15) is 0 Å². The number of hydrogen-bond donors (Lipinski definition) is 1. The van der Waals surface area contributed by atoms with Gasteiger partial charge in [-0.2, -0.15) is 0 Å². The summed E-state index contributed by atoms with van der Waals surface area (Å²) in [5, 5.41) is 0. The Morgan fingerprint density at radius 1 is 1.17 bits per heavy atom. The first-order valence-corrected chi connectivity index (χ1v) is 6.90. The SMILES string of the molecule is Cn1ccnc1CCN1CCN(CCCN)CC1. The fraction of sp³-hybridized carbons (Fsp3) is 0.769. The number of imidazole rings is 1. The molecule has 1 aromatic heterocycles. The molecule has 2 rings (SSSR count). The number of rotatable bonds is 6. The molecule has 5 nitrogen and oxygen atoms in total. The summed E-state index contributed by atoms with van der Waals surface area (Å²) in [6.45, 7) is 7.80. The standard InChI is InChI=1S/C13H25N5/c1-16-8-5-15-13(16)3-7-18-11-9-17(10-12-18)6-2-4-14/h5,8H,2-4,6-7,9-12,14H2,1H3. The lowest BCUT2D eigenvalue weighted by Crippen LogP contribution is -2.47. The topological polar surface area (TPSA) is 50.3 Å². The van der Waals surface area contributed by atoms with Crippen LogP contribution in [-0.2, 0) is 13.5 Å². The summed E-state index contributed by atoms with van der Waals surface area (Å²) in [6, 6.07) is 0. The Labute approximate surface area is 110 Å².